The Morgan fingerprint density at radius 2 is 0.971 bits per heavy atom. The Morgan fingerprint density at radius 3 is 1.47 bits per heavy atom. The van der Waals surface area contributed by atoms with Crippen LogP contribution in [0.2, 0.25) is 0 Å². The monoisotopic (exact) mass is 1420 g/mol. The molecule has 0 aliphatic heterocycles. The van der Waals surface area contributed by atoms with Crippen molar-refractivity contribution in [2.75, 3.05) is 24.4 Å². The summed E-state index contributed by atoms with van der Waals surface area (Å²) in [6.45, 7) is 10.4. The van der Waals surface area contributed by atoms with E-state index in [-0.39, 0.29) is 29.0 Å². The van der Waals surface area contributed by atoms with Crippen molar-refractivity contribution in [3.63, 3.8) is 0 Å². The molecule has 103 heavy (non-hydrogen) atoms. The van der Waals surface area contributed by atoms with Gasteiger partial charge in [0.25, 0.3) is 17.7 Å². The predicted molar refractivity (Wildman–Crippen MR) is 397 cm³/mol. The Labute approximate surface area is 599 Å². The van der Waals surface area contributed by atoms with Crippen molar-refractivity contribution < 1.29 is 57.8 Å². The zero-order chi connectivity index (χ0) is 71.7. The number of aromatic carboxylic acids is 2. The molecule has 0 saturated heterocycles. The molecular weight excluding hydrogens is 1350 g/mol. The number of carboxylic acids is 2. The van der Waals surface area contributed by atoms with Crippen LogP contribution < -0.4 is 39.1 Å². The highest BCUT2D eigenvalue weighted by molar-refractivity contribution is 8.00. The molecule has 1 saturated carbocycles. The lowest BCUT2D eigenvalue weighted by molar-refractivity contribution is -0.123. The van der Waals surface area contributed by atoms with Gasteiger partial charge in [-0.2, -0.15) is 0 Å². The fourth-order valence-electron chi connectivity index (χ4n) is 12.0. The second-order valence-electron chi connectivity index (χ2n) is 24.5. The van der Waals surface area contributed by atoms with E-state index in [4.69, 9.17) is 48.6 Å². The number of hydrogen-bond acceptors (Lipinski definition) is 15. The van der Waals surface area contributed by atoms with Crippen molar-refractivity contribution in [3.8, 4) is 40.6 Å². The van der Waals surface area contributed by atoms with E-state index in [9.17, 15) is 19.2 Å². The summed E-state index contributed by atoms with van der Waals surface area (Å²) >= 11 is 2.99. The largest absolute Gasteiger partial charge is 0.481 e. The molecule has 2 unspecified atom stereocenters. The van der Waals surface area contributed by atoms with Gasteiger partial charge in [-0.15, -0.1) is 0 Å². The smallest absolute Gasteiger partial charge is 0.335 e. The number of ether oxygens (including phenoxy) is 6. The number of H-pyrrole nitrogens is 3. The number of benzene rings is 8. The van der Waals surface area contributed by atoms with E-state index in [0.29, 0.717) is 83.0 Å². The number of imidazole rings is 3. The van der Waals surface area contributed by atoms with Crippen LogP contribution in [0.1, 0.15) is 92.5 Å². The summed E-state index contributed by atoms with van der Waals surface area (Å²) in [6.07, 6.45) is 4.04. The molecule has 526 valence electrons. The van der Waals surface area contributed by atoms with Crippen molar-refractivity contribution in [2.24, 2.45) is 5.92 Å². The molecule has 25 heteroatoms. The SMILES string of the molecule is CCC(Oc1ccc(C(=O)O)cc1)C(=O)Nc1ccccc1Sc1c(OC2CCC(C)CC2)[nH]n2c1nc1ccccc12.CCC(Oc1cccc(C)c1)C(=O)Nc1ccccc1Sc1c(OC)[nH]n2c1nc1ccccc12.CCOc1[nH]n2c(nc3ccccc32)c1Oc1ccc(C(=O)O)cc1. The second kappa shape index (κ2) is 31.4. The summed E-state index contributed by atoms with van der Waals surface area (Å²) in [5.41, 5.74) is 10.4. The number of methoxy groups -OCH3 is 1. The van der Waals surface area contributed by atoms with Crippen LogP contribution in [0.25, 0.3) is 50.0 Å². The predicted octanol–water partition coefficient (Wildman–Crippen LogP) is 17.2. The van der Waals surface area contributed by atoms with Crippen LogP contribution in [-0.2, 0) is 9.59 Å². The molecule has 6 heterocycles. The highest BCUT2D eigenvalue weighted by atomic mass is 32.2. The Bertz CT molecular complexity index is 5360. The van der Waals surface area contributed by atoms with Gasteiger partial charge in [0.05, 0.1) is 69.3 Å². The first kappa shape index (κ1) is 69.6. The number of hydrogen-bond donors (Lipinski definition) is 7. The highest BCUT2D eigenvalue weighted by Crippen LogP contribution is 2.45. The maximum Gasteiger partial charge on any atom is 0.335 e. The van der Waals surface area contributed by atoms with E-state index >= 15 is 0 Å². The van der Waals surface area contributed by atoms with Gasteiger partial charge >= 0.3 is 11.9 Å². The topological polar surface area (TPSA) is 287 Å². The van der Waals surface area contributed by atoms with Crippen molar-refractivity contribution >= 4 is 109 Å². The third kappa shape index (κ3) is 15.6. The van der Waals surface area contributed by atoms with Gasteiger partial charge in [-0.05, 0) is 185 Å². The highest BCUT2D eigenvalue weighted by Gasteiger charge is 2.29. The number of fused-ring (bicyclic) bond motifs is 9. The number of nitrogens with one attached hydrogen (secondary N) is 5. The van der Waals surface area contributed by atoms with Gasteiger partial charge in [-0.3, -0.25) is 24.9 Å². The van der Waals surface area contributed by atoms with Crippen molar-refractivity contribution in [1.82, 2.24) is 43.8 Å². The average molecular weight is 1420 g/mol. The minimum Gasteiger partial charge on any atom is -0.481 e. The molecule has 1 aliphatic carbocycles. The normalized spacial score (nSPS) is 14.1. The summed E-state index contributed by atoms with van der Waals surface area (Å²) in [5, 5.41) is 34.1. The standard InChI is InChI=1S/C33H34N4O5S.C27H26N4O3S.C18H15N3O4/c1-3-27(41-22-18-14-21(15-19-22)33(39)40)31(38)35-25-9-5-7-11-28(25)43-29-30-34-24-8-4-6-10-26(24)37(30)36-32(29)42-23-16-12-20(2)13-17-23;1-4-22(34-18-11-9-10-17(2)16-18)26(32)29-20-13-6-8-15-23(20)35-24-25-28-19-12-5-7-14-21(19)31(25)30-27(24)33-3;1-2-24-17-15(25-12-9-7-11(8-10-12)18(22)23)16-19-13-5-3-4-6-14(13)21(16)20-17/h4-11,14-15,18-20,23,27,36H,3,12-13,16-17H2,1-2H3,(H,35,38)(H,39,40);5-16,22,30H,4H2,1-3H3,(H,29,32);3-10,20H,2H2,1H3,(H,22,23). The molecule has 2 atom stereocenters. The number of aromatic nitrogens is 9. The van der Waals surface area contributed by atoms with Gasteiger partial charge in [0, 0.05) is 9.79 Å². The first-order valence-electron chi connectivity index (χ1n) is 33.8. The quantitative estimate of drug-likeness (QED) is 0.0313. The third-order valence-electron chi connectivity index (χ3n) is 17.3. The number of carbonyl (C=O) groups excluding carboxylic acids is 2. The molecule has 0 radical (unpaired) electrons. The Kier molecular flexibility index (Phi) is 21.2. The van der Waals surface area contributed by atoms with Gasteiger partial charge in [0.1, 0.15) is 33.1 Å². The molecule has 7 N–H and O–H groups in total. The number of amides is 2. The van der Waals surface area contributed by atoms with Crippen LogP contribution >= 0.6 is 23.5 Å². The molecule has 23 nitrogen and oxygen atoms in total. The van der Waals surface area contributed by atoms with Crippen molar-refractivity contribution in [2.45, 2.75) is 111 Å². The molecule has 8 aromatic carbocycles. The molecule has 14 aromatic rings. The van der Waals surface area contributed by atoms with Gasteiger partial charge in [-0.25, -0.2) is 38.1 Å². The fraction of sp³-hybridized carbons (Fsp3) is 0.218. The Balaban J connectivity index is 0.000000142. The maximum atomic E-state index is 13.4. The molecule has 0 spiro atoms. The number of aromatic amines is 3. The lowest BCUT2D eigenvalue weighted by Gasteiger charge is -2.26. The summed E-state index contributed by atoms with van der Waals surface area (Å²) < 4.78 is 41.4. The molecule has 15 rings (SSSR count). The van der Waals surface area contributed by atoms with E-state index in [1.54, 1.807) is 35.9 Å². The maximum absolute atomic E-state index is 13.4. The number of para-hydroxylation sites is 8. The lowest BCUT2D eigenvalue weighted by atomic mass is 9.89. The van der Waals surface area contributed by atoms with Crippen molar-refractivity contribution in [3.05, 3.63) is 211 Å². The minimum absolute atomic E-state index is 0.132. The average Bonchev–Trinajstić information content (AvgIpc) is 1.61. The van der Waals surface area contributed by atoms with Crippen LogP contribution in [-0.4, -0.2) is 110 Å². The number of carboxylic acid groups (broad SMARTS) is 2. The van der Waals surface area contributed by atoms with Crippen LogP contribution in [0.15, 0.2) is 214 Å². The molecule has 1 aliphatic rings. The summed E-state index contributed by atoms with van der Waals surface area (Å²) in [5.74, 6) is 2.05. The van der Waals surface area contributed by atoms with Gasteiger partial charge in [0.2, 0.25) is 23.2 Å². The van der Waals surface area contributed by atoms with Crippen LogP contribution in [0.3, 0.4) is 0 Å². The zero-order valence-electron chi connectivity index (χ0n) is 57.2. The van der Waals surface area contributed by atoms with Gasteiger partial charge < -0.3 is 49.3 Å². The molecule has 6 aromatic heterocycles. The fourth-order valence-corrected chi connectivity index (χ4v) is 14.0. The number of carbonyl (C=O) groups is 4. The Morgan fingerprint density at radius 1 is 0.524 bits per heavy atom. The molecular formula is C78H75N11O12S2. The summed E-state index contributed by atoms with van der Waals surface area (Å²) in [6, 6.07) is 58.9. The lowest BCUT2D eigenvalue weighted by Crippen LogP contribution is -2.32. The molecule has 0 bridgehead atoms. The van der Waals surface area contributed by atoms with Crippen LogP contribution in [0.5, 0.6) is 40.6 Å². The van der Waals surface area contributed by atoms with Gasteiger partial charge in [-0.1, -0.05) is 117 Å². The number of aryl methyl sites for hydroxylation is 1. The summed E-state index contributed by atoms with van der Waals surface area (Å²) in [7, 11) is 1.62. The molecule has 1 fully saturated rings. The van der Waals surface area contributed by atoms with E-state index in [1.165, 1.54) is 47.8 Å². The second-order valence-corrected chi connectivity index (χ2v) is 26.6. The number of rotatable bonds is 23. The van der Waals surface area contributed by atoms with Gasteiger partial charge in [0.15, 0.2) is 23.5 Å². The van der Waals surface area contributed by atoms with E-state index in [0.717, 1.165) is 95.2 Å². The number of nitrogens with zero attached hydrogens (tertiary/aromatic N) is 6. The summed E-state index contributed by atoms with van der Waals surface area (Å²) in [4.78, 5) is 66.4. The van der Waals surface area contributed by atoms with E-state index < -0.39 is 24.1 Å². The first-order valence-corrected chi connectivity index (χ1v) is 35.5. The first-order chi connectivity index (χ1) is 50.1. The number of anilines is 2. The Hall–Kier alpha value is -11.8. The van der Waals surface area contributed by atoms with E-state index in [2.05, 4.69) is 37.8 Å². The third-order valence-corrected chi connectivity index (χ3v) is 19.6. The van der Waals surface area contributed by atoms with Crippen molar-refractivity contribution in [1.29, 1.82) is 0 Å². The van der Waals surface area contributed by atoms with Crippen LogP contribution in [0, 0.1) is 12.8 Å². The minimum atomic E-state index is -1.02. The van der Waals surface area contributed by atoms with E-state index in [1.807, 2.05) is 182 Å². The molecule has 2 amide bonds. The van der Waals surface area contributed by atoms with Crippen LogP contribution in [0.4, 0.5) is 11.4 Å². The zero-order valence-corrected chi connectivity index (χ0v) is 58.8.